The summed E-state index contributed by atoms with van der Waals surface area (Å²) in [4.78, 5) is 0. The zero-order valence-electron chi connectivity index (χ0n) is 16.8. The summed E-state index contributed by atoms with van der Waals surface area (Å²) in [5.41, 5.74) is 0. The van der Waals surface area contributed by atoms with Crippen LogP contribution in [0, 0.1) is 0 Å². The van der Waals surface area contributed by atoms with Crippen LogP contribution in [-0.2, 0) is 10.1 Å². The third-order valence-electron chi connectivity index (χ3n) is 4.75. The van der Waals surface area contributed by atoms with Crippen molar-refractivity contribution in [3.8, 4) is 0 Å². The van der Waals surface area contributed by atoms with Gasteiger partial charge in [0, 0.05) is 0 Å². The second kappa shape index (κ2) is 18.9. The van der Waals surface area contributed by atoms with E-state index in [1.54, 1.807) is 0 Å². The summed E-state index contributed by atoms with van der Waals surface area (Å²) in [7, 11) is -4.41. The molecule has 0 heterocycles. The summed E-state index contributed by atoms with van der Waals surface area (Å²) in [6, 6.07) is 0. The molecule has 0 aliphatic heterocycles. The van der Waals surface area contributed by atoms with E-state index < -0.39 is 21.5 Å². The molecule has 0 amide bonds. The Kier molecular flexibility index (Phi) is 21.7. The molecule has 0 saturated heterocycles. The summed E-state index contributed by atoms with van der Waals surface area (Å²) in [5.74, 6) is 0. The van der Waals surface area contributed by atoms with Crippen LogP contribution >= 0.6 is 0 Å². The van der Waals surface area contributed by atoms with Crippen LogP contribution in [0.15, 0.2) is 0 Å². The minimum Gasteiger partial charge on any atom is -0.748 e. The smallest absolute Gasteiger partial charge is 0.748 e. The fourth-order valence-corrected chi connectivity index (χ4v) is 4.13. The SMILES string of the molecule is CCCCCCCCCCCC(O)C(CCCCCC)S(=O)(=O)[O-].[K+]. The summed E-state index contributed by atoms with van der Waals surface area (Å²) in [6.07, 6.45) is 14.1. The topological polar surface area (TPSA) is 77.4 Å². The fourth-order valence-electron chi connectivity index (χ4n) is 3.15. The van der Waals surface area contributed by atoms with Gasteiger partial charge in [0.1, 0.15) is 10.1 Å². The van der Waals surface area contributed by atoms with Crippen molar-refractivity contribution in [1.82, 2.24) is 0 Å². The van der Waals surface area contributed by atoms with E-state index in [1.807, 2.05) is 0 Å². The molecule has 25 heavy (non-hydrogen) atoms. The van der Waals surface area contributed by atoms with Gasteiger partial charge in [-0.05, 0) is 12.8 Å². The summed E-state index contributed by atoms with van der Waals surface area (Å²) < 4.78 is 34.1. The molecule has 0 saturated carbocycles. The van der Waals surface area contributed by atoms with Gasteiger partial charge in [-0.3, -0.25) is 0 Å². The van der Waals surface area contributed by atoms with E-state index in [-0.39, 0.29) is 51.4 Å². The predicted octanol–water partition coefficient (Wildman–Crippen LogP) is 2.16. The summed E-state index contributed by atoms with van der Waals surface area (Å²) in [6.45, 7) is 4.30. The first-order valence-corrected chi connectivity index (χ1v) is 11.5. The van der Waals surface area contributed by atoms with Gasteiger partial charge in [0.15, 0.2) is 0 Å². The van der Waals surface area contributed by atoms with E-state index in [0.29, 0.717) is 19.3 Å². The quantitative estimate of drug-likeness (QED) is 0.230. The monoisotopic (exact) mass is 402 g/mol. The zero-order chi connectivity index (χ0) is 18.3. The van der Waals surface area contributed by atoms with Crippen LogP contribution in [0.2, 0.25) is 0 Å². The largest absolute Gasteiger partial charge is 1.00 e. The van der Waals surface area contributed by atoms with Gasteiger partial charge in [-0.2, -0.15) is 0 Å². The van der Waals surface area contributed by atoms with Gasteiger partial charge in [-0.15, -0.1) is 0 Å². The van der Waals surface area contributed by atoms with E-state index in [9.17, 15) is 18.1 Å². The van der Waals surface area contributed by atoms with E-state index in [4.69, 9.17) is 0 Å². The molecular formula is C19H39KO4S. The van der Waals surface area contributed by atoms with Crippen molar-refractivity contribution >= 4 is 10.1 Å². The van der Waals surface area contributed by atoms with Gasteiger partial charge in [0.25, 0.3) is 0 Å². The Morgan fingerprint density at radius 1 is 0.720 bits per heavy atom. The number of hydrogen-bond donors (Lipinski definition) is 1. The molecule has 0 aliphatic carbocycles. The molecule has 0 bridgehead atoms. The van der Waals surface area contributed by atoms with Crippen LogP contribution in [-0.4, -0.2) is 29.4 Å². The van der Waals surface area contributed by atoms with Crippen molar-refractivity contribution < 1.29 is 69.5 Å². The van der Waals surface area contributed by atoms with Crippen molar-refractivity contribution in [1.29, 1.82) is 0 Å². The van der Waals surface area contributed by atoms with E-state index in [1.165, 1.54) is 38.5 Å². The number of rotatable bonds is 17. The standard InChI is InChI=1S/C19H40O4S.K/c1-3-5-7-9-10-11-12-13-14-16-18(20)19(24(21,22)23)17-15-8-6-4-2;/h18-20H,3-17H2,1-2H3,(H,21,22,23);/q;+1/p-1. The Balaban J connectivity index is 0. The second-order valence-electron chi connectivity index (χ2n) is 7.07. The molecule has 6 heteroatoms. The molecule has 1 N–H and O–H groups in total. The molecule has 146 valence electrons. The molecule has 2 unspecified atom stereocenters. The number of hydrogen-bond acceptors (Lipinski definition) is 4. The van der Waals surface area contributed by atoms with Crippen LogP contribution in [0.4, 0.5) is 0 Å². The Hall–Kier alpha value is 1.51. The van der Waals surface area contributed by atoms with Crippen LogP contribution in [0.1, 0.15) is 110 Å². The van der Waals surface area contributed by atoms with E-state index in [2.05, 4.69) is 13.8 Å². The molecule has 0 radical (unpaired) electrons. The third-order valence-corrected chi connectivity index (χ3v) is 6.04. The first-order chi connectivity index (χ1) is 11.4. The molecular weight excluding hydrogens is 363 g/mol. The third kappa shape index (κ3) is 17.3. The normalized spacial score (nSPS) is 14.1. The fraction of sp³-hybridized carbons (Fsp3) is 1.00. The second-order valence-corrected chi connectivity index (χ2v) is 8.66. The Morgan fingerprint density at radius 3 is 1.52 bits per heavy atom. The van der Waals surface area contributed by atoms with Crippen molar-refractivity contribution in [2.45, 2.75) is 122 Å². The van der Waals surface area contributed by atoms with Gasteiger partial charge in [0.05, 0.1) is 11.4 Å². The maximum absolute atomic E-state index is 11.4. The molecule has 0 spiro atoms. The van der Waals surface area contributed by atoms with Gasteiger partial charge < -0.3 is 9.66 Å². The van der Waals surface area contributed by atoms with Crippen LogP contribution in [0.5, 0.6) is 0 Å². The molecule has 0 fully saturated rings. The molecule has 2 atom stereocenters. The average molecular weight is 403 g/mol. The Labute approximate surface area is 199 Å². The van der Waals surface area contributed by atoms with Gasteiger partial charge in [-0.25, -0.2) is 8.42 Å². The zero-order valence-corrected chi connectivity index (χ0v) is 20.8. The molecule has 0 aromatic heterocycles. The van der Waals surface area contributed by atoms with Crippen molar-refractivity contribution in [3.05, 3.63) is 0 Å². The number of aliphatic hydroxyl groups excluding tert-OH is 1. The Bertz CT molecular complexity index is 374. The van der Waals surface area contributed by atoms with Crippen LogP contribution < -0.4 is 51.4 Å². The maximum atomic E-state index is 11.4. The Morgan fingerprint density at radius 2 is 1.08 bits per heavy atom. The van der Waals surface area contributed by atoms with E-state index >= 15 is 0 Å². The van der Waals surface area contributed by atoms with Crippen molar-refractivity contribution in [2.75, 3.05) is 0 Å². The van der Waals surface area contributed by atoms with Gasteiger partial charge in [-0.1, -0.05) is 97.3 Å². The van der Waals surface area contributed by atoms with Gasteiger partial charge >= 0.3 is 51.4 Å². The first kappa shape index (κ1) is 28.7. The van der Waals surface area contributed by atoms with Crippen molar-refractivity contribution in [2.24, 2.45) is 0 Å². The summed E-state index contributed by atoms with van der Waals surface area (Å²) in [5, 5.41) is 9.00. The number of aliphatic hydroxyl groups is 1. The van der Waals surface area contributed by atoms with Crippen LogP contribution in [0.25, 0.3) is 0 Å². The maximum Gasteiger partial charge on any atom is 1.00 e. The van der Waals surface area contributed by atoms with Crippen LogP contribution in [0.3, 0.4) is 0 Å². The predicted molar refractivity (Wildman–Crippen MR) is 100 cm³/mol. The minimum atomic E-state index is -4.41. The van der Waals surface area contributed by atoms with Crippen molar-refractivity contribution in [3.63, 3.8) is 0 Å². The molecule has 0 rings (SSSR count). The molecule has 0 aliphatic rings. The molecule has 0 aromatic carbocycles. The summed E-state index contributed by atoms with van der Waals surface area (Å²) >= 11 is 0. The van der Waals surface area contributed by atoms with E-state index in [0.717, 1.165) is 38.5 Å². The first-order valence-electron chi connectivity index (χ1n) is 10.1. The number of unbranched alkanes of at least 4 members (excludes halogenated alkanes) is 11. The van der Waals surface area contributed by atoms with Gasteiger partial charge in [0.2, 0.25) is 0 Å². The average Bonchev–Trinajstić information content (AvgIpc) is 2.51. The molecule has 4 nitrogen and oxygen atoms in total. The minimum absolute atomic E-state index is 0. The molecule has 0 aromatic rings.